The summed E-state index contributed by atoms with van der Waals surface area (Å²) in [6.07, 6.45) is 8.40. The van der Waals surface area contributed by atoms with E-state index >= 15 is 0 Å². The molecule has 0 fully saturated rings. The normalized spacial score (nSPS) is 27.1. The van der Waals surface area contributed by atoms with Gasteiger partial charge in [-0.2, -0.15) is 0 Å². The van der Waals surface area contributed by atoms with Gasteiger partial charge in [-0.25, -0.2) is 0 Å². The fourth-order valence-electron chi connectivity index (χ4n) is 1.49. The maximum Gasteiger partial charge on any atom is 0.112 e. The van der Waals surface area contributed by atoms with E-state index < -0.39 is 0 Å². The van der Waals surface area contributed by atoms with E-state index in [4.69, 9.17) is 0 Å². The van der Waals surface area contributed by atoms with E-state index in [1.165, 1.54) is 0 Å². The summed E-state index contributed by atoms with van der Waals surface area (Å²) in [5.41, 5.74) is 2.17. The molecule has 0 bridgehead atoms. The summed E-state index contributed by atoms with van der Waals surface area (Å²) in [4.78, 5) is 4.44. The third-order valence-electron chi connectivity index (χ3n) is 2.13. The Labute approximate surface area is 71.6 Å². The Bertz CT molecular complexity index is 321. The quantitative estimate of drug-likeness (QED) is 0.580. The van der Waals surface area contributed by atoms with E-state index in [1.54, 1.807) is 6.08 Å². The number of rotatable bonds is 0. The third kappa shape index (κ3) is 1.20. The van der Waals surface area contributed by atoms with Crippen molar-refractivity contribution in [3.63, 3.8) is 0 Å². The Kier molecular flexibility index (Phi) is 1.61. The first-order chi connectivity index (χ1) is 5.75. The van der Waals surface area contributed by atoms with Crippen LogP contribution in [0.4, 0.5) is 0 Å². The molecule has 0 spiro atoms. The Hall–Kier alpha value is -1.31. The van der Waals surface area contributed by atoms with Gasteiger partial charge < -0.3 is 5.11 Å². The Morgan fingerprint density at radius 2 is 2.33 bits per heavy atom. The number of dihydropyridines is 1. The predicted molar refractivity (Wildman–Crippen MR) is 49.4 cm³/mol. The van der Waals surface area contributed by atoms with Crippen LogP contribution in [0.5, 0.6) is 0 Å². The van der Waals surface area contributed by atoms with Crippen LogP contribution in [0.2, 0.25) is 0 Å². The van der Waals surface area contributed by atoms with Crippen LogP contribution in [-0.4, -0.2) is 16.9 Å². The third-order valence-corrected chi connectivity index (χ3v) is 2.13. The highest BCUT2D eigenvalue weighted by atomic mass is 16.3. The van der Waals surface area contributed by atoms with E-state index in [0.29, 0.717) is 5.76 Å². The van der Waals surface area contributed by atoms with Crippen LogP contribution in [0.15, 0.2) is 40.6 Å². The average Bonchev–Trinajstić information content (AvgIpc) is 2.05. The van der Waals surface area contributed by atoms with Crippen LogP contribution in [0.25, 0.3) is 0 Å². The standard InChI is InChI=1S/C10H11NO/c1-7-2-3-8-6-9(12)4-5-10(8)11-7/h2-4,6,10,12H,5H2,1H3. The molecule has 1 heterocycles. The molecule has 2 nitrogen and oxygen atoms in total. The Morgan fingerprint density at radius 1 is 1.50 bits per heavy atom. The molecule has 12 heavy (non-hydrogen) atoms. The van der Waals surface area contributed by atoms with Crippen molar-refractivity contribution < 1.29 is 5.11 Å². The molecule has 0 aromatic heterocycles. The molecule has 2 aliphatic rings. The highest BCUT2D eigenvalue weighted by Crippen LogP contribution is 2.23. The summed E-state index contributed by atoms with van der Waals surface area (Å²) in [5.74, 6) is 0.362. The van der Waals surface area contributed by atoms with Gasteiger partial charge in [0.15, 0.2) is 0 Å². The van der Waals surface area contributed by atoms with Crippen molar-refractivity contribution in [2.45, 2.75) is 19.4 Å². The van der Waals surface area contributed by atoms with Crippen LogP contribution >= 0.6 is 0 Å². The first-order valence-electron chi connectivity index (χ1n) is 4.09. The minimum atomic E-state index is 0.242. The molecule has 1 N–H and O–H groups in total. The lowest BCUT2D eigenvalue weighted by molar-refractivity contribution is 0.423. The molecule has 0 amide bonds. The summed E-state index contributed by atoms with van der Waals surface area (Å²) >= 11 is 0. The summed E-state index contributed by atoms with van der Waals surface area (Å²) in [7, 11) is 0. The number of hydrogen-bond donors (Lipinski definition) is 1. The average molecular weight is 161 g/mol. The fourth-order valence-corrected chi connectivity index (χ4v) is 1.49. The maximum absolute atomic E-state index is 9.22. The van der Waals surface area contributed by atoms with Crippen LogP contribution in [0.1, 0.15) is 13.3 Å². The van der Waals surface area contributed by atoms with E-state index in [0.717, 1.165) is 17.7 Å². The minimum Gasteiger partial charge on any atom is -0.508 e. The Morgan fingerprint density at radius 3 is 3.17 bits per heavy atom. The molecular formula is C10H11NO. The highest BCUT2D eigenvalue weighted by molar-refractivity contribution is 5.94. The van der Waals surface area contributed by atoms with Gasteiger partial charge in [-0.05, 0) is 37.1 Å². The molecule has 0 saturated carbocycles. The van der Waals surface area contributed by atoms with Crippen LogP contribution in [0.3, 0.4) is 0 Å². The monoisotopic (exact) mass is 161 g/mol. The molecule has 1 atom stereocenters. The molecule has 0 radical (unpaired) electrons. The largest absolute Gasteiger partial charge is 0.508 e. The van der Waals surface area contributed by atoms with Crippen molar-refractivity contribution in [2.24, 2.45) is 4.99 Å². The van der Waals surface area contributed by atoms with Gasteiger partial charge in [0.2, 0.25) is 0 Å². The van der Waals surface area contributed by atoms with Crippen molar-refractivity contribution in [3.05, 3.63) is 35.6 Å². The van der Waals surface area contributed by atoms with Crippen molar-refractivity contribution >= 4 is 5.71 Å². The summed E-state index contributed by atoms with van der Waals surface area (Å²) in [6.45, 7) is 1.99. The van der Waals surface area contributed by atoms with Gasteiger partial charge in [0.1, 0.15) is 5.76 Å². The molecular weight excluding hydrogens is 150 g/mol. The fraction of sp³-hybridized carbons (Fsp3) is 0.300. The lowest BCUT2D eigenvalue weighted by atomic mass is 9.95. The molecule has 1 unspecified atom stereocenters. The van der Waals surface area contributed by atoms with Gasteiger partial charge in [-0.1, -0.05) is 6.08 Å². The summed E-state index contributed by atoms with van der Waals surface area (Å²) < 4.78 is 0. The molecule has 1 aliphatic heterocycles. The number of aliphatic hydroxyl groups is 1. The number of allylic oxidation sites excluding steroid dienone is 2. The molecule has 0 aromatic carbocycles. The predicted octanol–water partition coefficient (Wildman–Crippen LogP) is 2.16. The molecule has 1 aliphatic carbocycles. The van der Waals surface area contributed by atoms with Crippen molar-refractivity contribution in [1.82, 2.24) is 0 Å². The van der Waals surface area contributed by atoms with E-state index in [9.17, 15) is 5.11 Å². The van der Waals surface area contributed by atoms with Crippen molar-refractivity contribution in [3.8, 4) is 0 Å². The van der Waals surface area contributed by atoms with Gasteiger partial charge in [0.05, 0.1) is 6.04 Å². The van der Waals surface area contributed by atoms with Crippen LogP contribution < -0.4 is 0 Å². The zero-order valence-corrected chi connectivity index (χ0v) is 6.99. The number of aliphatic imine (C=N–C) groups is 1. The zero-order valence-electron chi connectivity index (χ0n) is 6.99. The van der Waals surface area contributed by atoms with E-state index in [-0.39, 0.29) is 6.04 Å². The van der Waals surface area contributed by atoms with Gasteiger partial charge in [0.25, 0.3) is 0 Å². The molecule has 2 rings (SSSR count). The minimum absolute atomic E-state index is 0.242. The topological polar surface area (TPSA) is 32.6 Å². The first kappa shape index (κ1) is 7.35. The van der Waals surface area contributed by atoms with Gasteiger partial charge in [-0.3, -0.25) is 4.99 Å². The highest BCUT2D eigenvalue weighted by Gasteiger charge is 2.16. The lowest BCUT2D eigenvalue weighted by Crippen LogP contribution is -2.15. The second-order valence-corrected chi connectivity index (χ2v) is 3.13. The van der Waals surface area contributed by atoms with Gasteiger partial charge in [0, 0.05) is 5.71 Å². The number of hydrogen-bond acceptors (Lipinski definition) is 2. The SMILES string of the molecule is CC1=NC2CC=C(O)C=C2C=C1. The van der Waals surface area contributed by atoms with E-state index in [1.807, 2.05) is 25.2 Å². The Balaban J connectivity index is 2.33. The number of fused-ring (bicyclic) bond motifs is 1. The van der Waals surface area contributed by atoms with E-state index in [2.05, 4.69) is 4.99 Å². The van der Waals surface area contributed by atoms with Crippen molar-refractivity contribution in [1.29, 1.82) is 0 Å². The summed E-state index contributed by atoms with van der Waals surface area (Å²) in [6, 6.07) is 0.242. The summed E-state index contributed by atoms with van der Waals surface area (Å²) in [5, 5.41) is 9.22. The van der Waals surface area contributed by atoms with Gasteiger partial charge in [-0.15, -0.1) is 0 Å². The molecule has 2 heteroatoms. The first-order valence-corrected chi connectivity index (χ1v) is 4.09. The zero-order chi connectivity index (χ0) is 8.55. The second-order valence-electron chi connectivity index (χ2n) is 3.13. The van der Waals surface area contributed by atoms with Crippen LogP contribution in [-0.2, 0) is 0 Å². The molecule has 0 aromatic rings. The lowest BCUT2D eigenvalue weighted by Gasteiger charge is -2.19. The second kappa shape index (κ2) is 2.63. The van der Waals surface area contributed by atoms with Crippen LogP contribution in [0, 0.1) is 0 Å². The smallest absolute Gasteiger partial charge is 0.112 e. The maximum atomic E-state index is 9.22. The molecule has 0 saturated heterocycles. The van der Waals surface area contributed by atoms with Gasteiger partial charge >= 0.3 is 0 Å². The number of nitrogens with zero attached hydrogens (tertiary/aromatic N) is 1. The molecule has 62 valence electrons. The van der Waals surface area contributed by atoms with Crippen molar-refractivity contribution in [2.75, 3.05) is 0 Å². The number of aliphatic hydroxyl groups excluding tert-OH is 1.